The zero-order chi connectivity index (χ0) is 8.48. The minimum atomic E-state index is -0.689. The van der Waals surface area contributed by atoms with Crippen molar-refractivity contribution in [3.05, 3.63) is 0 Å². The molecule has 64 valence electrons. The Morgan fingerprint density at radius 1 is 1.73 bits per heavy atom. The van der Waals surface area contributed by atoms with Crippen molar-refractivity contribution in [2.45, 2.75) is 44.8 Å². The van der Waals surface area contributed by atoms with E-state index in [1.165, 1.54) is 6.92 Å². The van der Waals surface area contributed by atoms with E-state index in [9.17, 15) is 9.90 Å². The van der Waals surface area contributed by atoms with Crippen LogP contribution in [0.15, 0.2) is 0 Å². The lowest BCUT2D eigenvalue weighted by Crippen LogP contribution is -2.46. The summed E-state index contributed by atoms with van der Waals surface area (Å²) in [6.45, 7) is 3.26. The minimum absolute atomic E-state index is 0.0417. The highest BCUT2D eigenvalue weighted by Crippen LogP contribution is 2.29. The Morgan fingerprint density at radius 3 is 2.73 bits per heavy atom. The molecule has 0 aliphatic heterocycles. The molecule has 2 N–H and O–H groups in total. The SMILES string of the molecule is CC(=O)N[C@H]1CCC[C@]1(C)O. The van der Waals surface area contributed by atoms with Gasteiger partial charge in [-0.05, 0) is 26.2 Å². The van der Waals surface area contributed by atoms with Crippen LogP contribution in [-0.4, -0.2) is 22.7 Å². The fourth-order valence-electron chi connectivity index (χ4n) is 1.62. The normalized spacial score (nSPS) is 37.2. The first-order valence-electron chi connectivity index (χ1n) is 4.02. The number of carbonyl (C=O) groups excluding carboxylic acids is 1. The summed E-state index contributed by atoms with van der Waals surface area (Å²) in [6, 6.07) is -0.0417. The van der Waals surface area contributed by atoms with Gasteiger partial charge in [0.15, 0.2) is 0 Å². The number of carbonyl (C=O) groups is 1. The van der Waals surface area contributed by atoms with Crippen molar-refractivity contribution >= 4 is 5.91 Å². The number of amides is 1. The van der Waals surface area contributed by atoms with Gasteiger partial charge in [-0.2, -0.15) is 0 Å². The molecule has 1 aliphatic rings. The molecule has 1 saturated carbocycles. The van der Waals surface area contributed by atoms with E-state index in [1.807, 2.05) is 0 Å². The summed E-state index contributed by atoms with van der Waals surface area (Å²) < 4.78 is 0. The summed E-state index contributed by atoms with van der Waals surface area (Å²) in [4.78, 5) is 10.7. The Kier molecular flexibility index (Phi) is 2.18. The van der Waals surface area contributed by atoms with Crippen molar-refractivity contribution in [1.82, 2.24) is 5.32 Å². The Bertz CT molecular complexity index is 165. The molecule has 1 fully saturated rings. The van der Waals surface area contributed by atoms with Crippen LogP contribution in [0.5, 0.6) is 0 Å². The topological polar surface area (TPSA) is 49.3 Å². The van der Waals surface area contributed by atoms with Crippen LogP contribution in [0.2, 0.25) is 0 Å². The first-order chi connectivity index (χ1) is 5.02. The molecule has 0 heterocycles. The summed E-state index contributed by atoms with van der Waals surface area (Å²) in [6.07, 6.45) is 2.68. The van der Waals surface area contributed by atoms with Gasteiger partial charge in [-0.15, -0.1) is 0 Å². The van der Waals surface area contributed by atoms with Crippen LogP contribution in [0.1, 0.15) is 33.1 Å². The first-order valence-corrected chi connectivity index (χ1v) is 4.02. The Balaban J connectivity index is 2.51. The highest BCUT2D eigenvalue weighted by atomic mass is 16.3. The molecule has 0 aromatic rings. The molecule has 0 radical (unpaired) electrons. The minimum Gasteiger partial charge on any atom is -0.388 e. The highest BCUT2D eigenvalue weighted by molar-refractivity contribution is 5.73. The second kappa shape index (κ2) is 2.81. The summed E-state index contributed by atoms with van der Waals surface area (Å²) in [5.41, 5.74) is -0.689. The van der Waals surface area contributed by atoms with E-state index in [-0.39, 0.29) is 11.9 Å². The third kappa shape index (κ3) is 1.93. The number of nitrogens with one attached hydrogen (secondary N) is 1. The summed E-state index contributed by atoms with van der Waals surface area (Å²) >= 11 is 0. The van der Waals surface area contributed by atoms with Gasteiger partial charge >= 0.3 is 0 Å². The van der Waals surface area contributed by atoms with Gasteiger partial charge in [0.2, 0.25) is 5.91 Å². The van der Waals surface area contributed by atoms with Gasteiger partial charge in [0.25, 0.3) is 0 Å². The average Bonchev–Trinajstić information content (AvgIpc) is 2.10. The van der Waals surface area contributed by atoms with E-state index in [2.05, 4.69) is 5.32 Å². The lowest BCUT2D eigenvalue weighted by molar-refractivity contribution is -0.121. The second-order valence-electron chi connectivity index (χ2n) is 3.50. The number of hydrogen-bond donors (Lipinski definition) is 2. The molecular formula is C8H15NO2. The summed E-state index contributed by atoms with van der Waals surface area (Å²) in [5.74, 6) is -0.0582. The van der Waals surface area contributed by atoms with E-state index in [4.69, 9.17) is 0 Å². The molecule has 3 heteroatoms. The monoisotopic (exact) mass is 157 g/mol. The van der Waals surface area contributed by atoms with E-state index >= 15 is 0 Å². The Hall–Kier alpha value is -0.570. The van der Waals surface area contributed by atoms with Crippen LogP contribution in [0.4, 0.5) is 0 Å². The van der Waals surface area contributed by atoms with E-state index in [0.717, 1.165) is 19.3 Å². The van der Waals surface area contributed by atoms with E-state index < -0.39 is 5.60 Å². The Labute approximate surface area is 66.8 Å². The predicted octanol–water partition coefficient (Wildman–Crippen LogP) is 0.426. The van der Waals surface area contributed by atoms with Gasteiger partial charge < -0.3 is 10.4 Å². The molecule has 2 atom stereocenters. The zero-order valence-electron chi connectivity index (χ0n) is 7.05. The maximum absolute atomic E-state index is 10.7. The Morgan fingerprint density at radius 2 is 2.36 bits per heavy atom. The van der Waals surface area contributed by atoms with Crippen LogP contribution in [0.3, 0.4) is 0 Å². The quantitative estimate of drug-likeness (QED) is 0.579. The lowest BCUT2D eigenvalue weighted by Gasteiger charge is -2.25. The number of aliphatic hydroxyl groups is 1. The average molecular weight is 157 g/mol. The third-order valence-electron chi connectivity index (χ3n) is 2.30. The molecule has 11 heavy (non-hydrogen) atoms. The second-order valence-corrected chi connectivity index (χ2v) is 3.50. The van der Waals surface area contributed by atoms with Crippen LogP contribution < -0.4 is 5.32 Å². The fourth-order valence-corrected chi connectivity index (χ4v) is 1.62. The largest absolute Gasteiger partial charge is 0.388 e. The maximum atomic E-state index is 10.7. The molecule has 0 saturated heterocycles. The molecular weight excluding hydrogens is 142 g/mol. The van der Waals surface area contributed by atoms with Crippen LogP contribution in [-0.2, 0) is 4.79 Å². The zero-order valence-corrected chi connectivity index (χ0v) is 7.05. The van der Waals surface area contributed by atoms with Crippen LogP contribution in [0.25, 0.3) is 0 Å². The van der Waals surface area contributed by atoms with Gasteiger partial charge in [0, 0.05) is 6.92 Å². The molecule has 0 spiro atoms. The summed E-state index contributed by atoms with van der Waals surface area (Å²) in [7, 11) is 0. The number of rotatable bonds is 1. The molecule has 0 aromatic heterocycles. The van der Waals surface area contributed by atoms with Crippen LogP contribution in [0, 0.1) is 0 Å². The smallest absolute Gasteiger partial charge is 0.217 e. The molecule has 0 unspecified atom stereocenters. The van der Waals surface area contributed by atoms with E-state index in [0.29, 0.717) is 0 Å². The first kappa shape index (κ1) is 8.53. The fraction of sp³-hybridized carbons (Fsp3) is 0.875. The maximum Gasteiger partial charge on any atom is 0.217 e. The van der Waals surface area contributed by atoms with Crippen molar-refractivity contribution in [2.75, 3.05) is 0 Å². The third-order valence-corrected chi connectivity index (χ3v) is 2.30. The van der Waals surface area contributed by atoms with Crippen molar-refractivity contribution in [3.8, 4) is 0 Å². The number of hydrogen-bond acceptors (Lipinski definition) is 2. The van der Waals surface area contributed by atoms with Crippen molar-refractivity contribution in [2.24, 2.45) is 0 Å². The van der Waals surface area contributed by atoms with Gasteiger partial charge in [-0.25, -0.2) is 0 Å². The van der Waals surface area contributed by atoms with E-state index in [1.54, 1.807) is 6.92 Å². The van der Waals surface area contributed by atoms with Crippen LogP contribution >= 0.6 is 0 Å². The molecule has 1 rings (SSSR count). The van der Waals surface area contributed by atoms with Gasteiger partial charge in [-0.3, -0.25) is 4.79 Å². The lowest BCUT2D eigenvalue weighted by atomic mass is 10.0. The molecule has 3 nitrogen and oxygen atoms in total. The molecule has 1 aliphatic carbocycles. The van der Waals surface area contributed by atoms with Crippen molar-refractivity contribution in [3.63, 3.8) is 0 Å². The highest BCUT2D eigenvalue weighted by Gasteiger charge is 2.36. The molecule has 1 amide bonds. The van der Waals surface area contributed by atoms with Gasteiger partial charge in [0.05, 0.1) is 11.6 Å². The molecule has 0 aromatic carbocycles. The predicted molar refractivity (Wildman–Crippen MR) is 42.1 cm³/mol. The standard InChI is InChI=1S/C8H15NO2/c1-6(10)9-7-4-3-5-8(7,2)11/h7,11H,3-5H2,1-2H3,(H,9,10)/t7-,8-/m0/s1. The van der Waals surface area contributed by atoms with Crippen molar-refractivity contribution in [1.29, 1.82) is 0 Å². The molecule has 0 bridgehead atoms. The van der Waals surface area contributed by atoms with Crippen molar-refractivity contribution < 1.29 is 9.90 Å². The van der Waals surface area contributed by atoms with Gasteiger partial charge in [-0.1, -0.05) is 0 Å². The summed E-state index contributed by atoms with van der Waals surface area (Å²) in [5, 5.41) is 12.4. The van der Waals surface area contributed by atoms with Gasteiger partial charge in [0.1, 0.15) is 0 Å².